The number of methoxy groups -OCH3 is 3. The molecule has 0 radical (unpaired) electrons. The monoisotopic (exact) mass is 251 g/mol. The zero-order valence-corrected chi connectivity index (χ0v) is 10.7. The van der Waals surface area contributed by atoms with Gasteiger partial charge in [-0.1, -0.05) is 0 Å². The van der Waals surface area contributed by atoms with Gasteiger partial charge in [0.1, 0.15) is 23.1 Å². The van der Waals surface area contributed by atoms with Crippen LogP contribution in [0.5, 0.6) is 17.2 Å². The van der Waals surface area contributed by atoms with Gasteiger partial charge in [-0.15, -0.1) is 0 Å². The molecule has 0 atom stereocenters. The van der Waals surface area contributed by atoms with Crippen LogP contribution < -0.4 is 19.9 Å². The summed E-state index contributed by atoms with van der Waals surface area (Å²) in [7, 11) is 4.67. The third kappa shape index (κ3) is 3.38. The first kappa shape index (κ1) is 13.8. The average Bonchev–Trinajstić information content (AvgIpc) is 2.37. The van der Waals surface area contributed by atoms with Crippen LogP contribution in [0.3, 0.4) is 0 Å². The van der Waals surface area contributed by atoms with Gasteiger partial charge in [0.15, 0.2) is 0 Å². The van der Waals surface area contributed by atoms with E-state index in [4.69, 9.17) is 25.4 Å². The fraction of sp³-hybridized carbons (Fsp3) is 0.333. The van der Waals surface area contributed by atoms with Gasteiger partial charge in [-0.3, -0.25) is 10.4 Å². The van der Waals surface area contributed by atoms with Crippen molar-refractivity contribution in [2.75, 3.05) is 27.9 Å². The minimum absolute atomic E-state index is 0.00213. The number of nitrogens with zero attached hydrogens (tertiary/aromatic N) is 1. The number of ether oxygens (including phenoxy) is 3. The zero-order chi connectivity index (χ0) is 13.5. The van der Waals surface area contributed by atoms with E-state index in [1.807, 2.05) is 0 Å². The normalized spacial score (nSPS) is 10.4. The molecule has 1 aromatic carbocycles. The summed E-state index contributed by atoms with van der Waals surface area (Å²) in [6.45, 7) is 0.137. The van der Waals surface area contributed by atoms with E-state index in [9.17, 15) is 0 Å². The topological polar surface area (TPSA) is 89.9 Å². The van der Waals surface area contributed by atoms with E-state index in [0.29, 0.717) is 22.8 Å². The molecule has 0 saturated carbocycles. The van der Waals surface area contributed by atoms with Crippen LogP contribution >= 0.6 is 0 Å². The average molecular weight is 251 g/mol. The molecular weight excluding hydrogens is 234 g/mol. The van der Waals surface area contributed by atoms with Crippen LogP contribution in [0.4, 0.5) is 0 Å². The molecule has 0 aliphatic carbocycles. The largest absolute Gasteiger partial charge is 0.496 e. The second-order valence-corrected chi connectivity index (χ2v) is 3.44. The highest BCUT2D eigenvalue weighted by molar-refractivity contribution is 5.90. The van der Waals surface area contributed by atoms with E-state index in [-0.39, 0.29) is 12.4 Å². The second kappa shape index (κ2) is 6.48. The molecule has 0 unspecified atom stereocenters. The van der Waals surface area contributed by atoms with Crippen molar-refractivity contribution in [3.05, 3.63) is 17.7 Å². The Bertz CT molecular complexity index is 433. The lowest BCUT2D eigenvalue weighted by atomic mass is 10.2. The number of rotatable bonds is 6. The Morgan fingerprint density at radius 3 is 2.17 bits per heavy atom. The Morgan fingerprint density at radius 1 is 1.22 bits per heavy atom. The highest BCUT2D eigenvalue weighted by Crippen LogP contribution is 2.32. The summed E-state index contributed by atoms with van der Waals surface area (Å²) in [6, 6.07) is 3.47. The number of nitrogens with two attached hydrogens (primary N) is 1. The molecule has 0 bridgehead atoms. The summed E-state index contributed by atoms with van der Waals surface area (Å²) < 4.78 is 15.6. The van der Waals surface area contributed by atoms with Gasteiger partial charge >= 0.3 is 0 Å². The Labute approximate surface area is 106 Å². The Balaban J connectivity index is 3.14. The van der Waals surface area contributed by atoms with E-state index in [1.54, 1.807) is 39.7 Å². The van der Waals surface area contributed by atoms with Gasteiger partial charge < -0.3 is 19.9 Å². The number of amidine groups is 1. The first-order chi connectivity index (χ1) is 8.62. The maximum atomic E-state index is 7.10. The summed E-state index contributed by atoms with van der Waals surface area (Å²) in [5.41, 5.74) is 5.91. The summed E-state index contributed by atoms with van der Waals surface area (Å²) in [5.74, 6) is 1.79. The molecule has 0 fully saturated rings. The van der Waals surface area contributed by atoms with Gasteiger partial charge in [-0.05, 0) is 0 Å². The molecule has 0 aliphatic rings. The molecule has 0 heterocycles. The van der Waals surface area contributed by atoms with Crippen molar-refractivity contribution >= 4 is 12.1 Å². The predicted octanol–water partition coefficient (Wildman–Crippen LogP) is 1.07. The molecule has 18 heavy (non-hydrogen) atoms. The maximum Gasteiger partial charge on any atom is 0.135 e. The first-order valence-electron chi connectivity index (χ1n) is 5.25. The Hall–Kier alpha value is -2.24. The lowest BCUT2D eigenvalue weighted by Crippen LogP contribution is -2.13. The van der Waals surface area contributed by atoms with Crippen molar-refractivity contribution in [1.82, 2.24) is 0 Å². The fourth-order valence-electron chi connectivity index (χ4n) is 1.40. The number of hydrogen-bond donors (Lipinski definition) is 2. The second-order valence-electron chi connectivity index (χ2n) is 3.44. The van der Waals surface area contributed by atoms with Gasteiger partial charge in [-0.25, -0.2) is 0 Å². The van der Waals surface area contributed by atoms with E-state index in [1.165, 1.54) is 0 Å². The molecule has 0 amide bonds. The van der Waals surface area contributed by atoms with Gasteiger partial charge in [0.05, 0.1) is 33.4 Å². The summed E-state index contributed by atoms with van der Waals surface area (Å²) in [6.07, 6.45) is 1.57. The number of benzene rings is 1. The standard InChI is InChI=1S/C12H17N3O3/c1-16-8-4-10(17-2)9(11(5-8)18-3)6-15-7-12(13)14/h4-6H,7H2,1-3H3,(H3,13,14). The zero-order valence-electron chi connectivity index (χ0n) is 10.7. The van der Waals surface area contributed by atoms with Gasteiger partial charge in [-0.2, -0.15) is 0 Å². The third-order valence-corrected chi connectivity index (χ3v) is 2.24. The molecule has 0 spiro atoms. The lowest BCUT2D eigenvalue weighted by molar-refractivity contribution is 0.374. The molecule has 1 rings (SSSR count). The lowest BCUT2D eigenvalue weighted by Gasteiger charge is -2.12. The molecule has 0 aromatic heterocycles. The molecular formula is C12H17N3O3. The summed E-state index contributed by atoms with van der Waals surface area (Å²) >= 11 is 0. The molecule has 1 aromatic rings. The Morgan fingerprint density at radius 2 is 1.78 bits per heavy atom. The van der Waals surface area contributed by atoms with Crippen LogP contribution in [0, 0.1) is 5.41 Å². The minimum atomic E-state index is -0.00213. The van der Waals surface area contributed by atoms with Gasteiger partial charge in [0.25, 0.3) is 0 Å². The Kier molecular flexibility index (Phi) is 4.98. The number of nitrogens with one attached hydrogen (secondary N) is 1. The van der Waals surface area contributed by atoms with Crippen LogP contribution in [-0.2, 0) is 0 Å². The van der Waals surface area contributed by atoms with Crippen molar-refractivity contribution < 1.29 is 14.2 Å². The van der Waals surface area contributed by atoms with Gasteiger partial charge in [0.2, 0.25) is 0 Å². The van der Waals surface area contributed by atoms with E-state index in [0.717, 1.165) is 0 Å². The minimum Gasteiger partial charge on any atom is -0.496 e. The van der Waals surface area contributed by atoms with E-state index in [2.05, 4.69) is 4.99 Å². The number of aliphatic imine (C=N–C) groups is 1. The molecule has 0 saturated heterocycles. The van der Waals surface area contributed by atoms with Crippen LogP contribution in [0.15, 0.2) is 17.1 Å². The molecule has 98 valence electrons. The molecule has 0 aliphatic heterocycles. The van der Waals surface area contributed by atoms with Crippen molar-refractivity contribution in [3.8, 4) is 17.2 Å². The highest BCUT2D eigenvalue weighted by Gasteiger charge is 2.11. The summed E-state index contributed by atoms with van der Waals surface area (Å²) in [5, 5.41) is 7.10. The summed E-state index contributed by atoms with van der Waals surface area (Å²) in [4.78, 5) is 4.04. The fourth-order valence-corrected chi connectivity index (χ4v) is 1.40. The van der Waals surface area contributed by atoms with Crippen molar-refractivity contribution in [2.24, 2.45) is 10.7 Å². The third-order valence-electron chi connectivity index (χ3n) is 2.24. The van der Waals surface area contributed by atoms with Crippen LogP contribution in [0.1, 0.15) is 5.56 Å². The van der Waals surface area contributed by atoms with Crippen LogP contribution in [0.25, 0.3) is 0 Å². The van der Waals surface area contributed by atoms with E-state index >= 15 is 0 Å². The molecule has 6 heteroatoms. The maximum absolute atomic E-state index is 7.10. The highest BCUT2D eigenvalue weighted by atomic mass is 16.5. The van der Waals surface area contributed by atoms with Crippen molar-refractivity contribution in [1.29, 1.82) is 5.41 Å². The molecule has 6 nitrogen and oxygen atoms in total. The quantitative estimate of drug-likeness (QED) is 0.584. The van der Waals surface area contributed by atoms with Crippen LogP contribution in [0.2, 0.25) is 0 Å². The predicted molar refractivity (Wildman–Crippen MR) is 70.5 cm³/mol. The SMILES string of the molecule is COc1cc(OC)c(C=NCC(=N)N)c(OC)c1. The number of hydrogen-bond acceptors (Lipinski definition) is 5. The first-order valence-corrected chi connectivity index (χ1v) is 5.25. The van der Waals surface area contributed by atoms with E-state index < -0.39 is 0 Å². The molecule has 3 N–H and O–H groups in total. The smallest absolute Gasteiger partial charge is 0.135 e. The van der Waals surface area contributed by atoms with Crippen molar-refractivity contribution in [2.45, 2.75) is 0 Å². The van der Waals surface area contributed by atoms with Gasteiger partial charge in [0, 0.05) is 18.3 Å². The van der Waals surface area contributed by atoms with Crippen molar-refractivity contribution in [3.63, 3.8) is 0 Å². The van der Waals surface area contributed by atoms with Crippen LogP contribution in [-0.4, -0.2) is 39.9 Å².